The van der Waals surface area contributed by atoms with Gasteiger partial charge in [0.15, 0.2) is 22.0 Å². The van der Waals surface area contributed by atoms with Crippen LogP contribution in [0.2, 0.25) is 0 Å². The molecule has 6 heteroatoms. The molecule has 0 radical (unpaired) electrons. The minimum atomic E-state index is -1.44. The molecule has 0 aromatic heterocycles. The lowest BCUT2D eigenvalue weighted by Crippen LogP contribution is -2.47. The zero-order valence-corrected chi connectivity index (χ0v) is 45.0. The van der Waals surface area contributed by atoms with E-state index in [1.807, 2.05) is 0 Å². The van der Waals surface area contributed by atoms with Crippen molar-refractivity contribution in [3.8, 4) is 0 Å². The third-order valence-electron chi connectivity index (χ3n) is 14.3. The molecule has 65 heavy (non-hydrogen) atoms. The van der Waals surface area contributed by atoms with E-state index in [1.165, 1.54) is 238 Å². The Morgan fingerprint density at radius 3 is 0.831 bits per heavy atom. The van der Waals surface area contributed by atoms with Gasteiger partial charge in [-0.15, -0.1) is 0 Å². The van der Waals surface area contributed by atoms with Crippen molar-refractivity contribution < 1.29 is 24.5 Å². The molecular weight excluding hydrogens is 821 g/mol. The van der Waals surface area contributed by atoms with Crippen LogP contribution < -0.4 is 0 Å². The molecule has 0 aliphatic heterocycles. The molecule has 2 N–H and O–H groups in total. The smallest absolute Gasteiger partial charge is 0.180 e. The highest BCUT2D eigenvalue weighted by molar-refractivity contribution is 7.80. The van der Waals surface area contributed by atoms with E-state index in [4.69, 9.17) is 17.0 Å². The molecule has 0 aromatic carbocycles. The minimum Gasteiger partial charge on any atom is -0.483 e. The largest absolute Gasteiger partial charge is 0.483 e. The van der Waals surface area contributed by atoms with Crippen LogP contribution in [0.3, 0.4) is 0 Å². The van der Waals surface area contributed by atoms with Gasteiger partial charge in [-0.05, 0) is 31.5 Å². The molecule has 0 amide bonds. The van der Waals surface area contributed by atoms with Crippen LogP contribution in [0.4, 0.5) is 0 Å². The van der Waals surface area contributed by atoms with E-state index in [2.05, 4.69) is 20.8 Å². The summed E-state index contributed by atoms with van der Waals surface area (Å²) in [5.74, 6) is -0.164. The van der Waals surface area contributed by atoms with Gasteiger partial charge in [0, 0.05) is 12.8 Å². The van der Waals surface area contributed by atoms with E-state index < -0.39 is 18.1 Å². The maximum Gasteiger partial charge on any atom is 0.180 e. The van der Waals surface area contributed by atoms with E-state index in [-0.39, 0.29) is 23.2 Å². The van der Waals surface area contributed by atoms with Gasteiger partial charge in [-0.3, -0.25) is 9.59 Å². The van der Waals surface area contributed by atoms with E-state index in [1.54, 1.807) is 0 Å². The van der Waals surface area contributed by atoms with Gasteiger partial charge < -0.3 is 14.9 Å². The van der Waals surface area contributed by atoms with Crippen LogP contribution in [0.1, 0.15) is 335 Å². The second kappa shape index (κ2) is 51.0. The number of aliphatic hydroxyl groups excluding tert-OH is 2. The molecule has 5 nitrogen and oxygen atoms in total. The first-order valence-corrected chi connectivity index (χ1v) is 29.8. The van der Waals surface area contributed by atoms with Crippen molar-refractivity contribution in [2.24, 2.45) is 5.41 Å². The highest BCUT2D eigenvalue weighted by Gasteiger charge is 2.49. The van der Waals surface area contributed by atoms with Gasteiger partial charge in [-0.2, -0.15) is 0 Å². The highest BCUT2D eigenvalue weighted by atomic mass is 32.1. The first-order chi connectivity index (χ1) is 31.9. The second-order valence-corrected chi connectivity index (χ2v) is 21.0. The number of carbonyl (C=O) groups is 2. The van der Waals surface area contributed by atoms with Gasteiger partial charge in [0.2, 0.25) is 0 Å². The number of unbranched alkanes of at least 4 members (excludes halogenated alkanes) is 43. The third-order valence-corrected chi connectivity index (χ3v) is 14.8. The van der Waals surface area contributed by atoms with Crippen LogP contribution >= 0.6 is 12.2 Å². The molecule has 0 saturated carbocycles. The standard InChI is InChI=1S/C59H114O5S/c1-4-7-10-13-16-19-22-25-26-27-28-29-30-31-34-37-40-43-46-49-52-59(58(65)64-54-55(61)53-60,56(62)50-47-44-41-38-35-32-23-20-17-14-11-8-5-2)57(63)51-48-45-42-39-36-33-24-21-18-15-12-9-6-3/h55,60-61H,4-54H2,1-3H3. The Hall–Kier alpha value is -0.850. The van der Waals surface area contributed by atoms with Crippen molar-refractivity contribution in [1.29, 1.82) is 0 Å². The number of rotatable bonds is 55. The van der Waals surface area contributed by atoms with Crippen LogP contribution in [-0.4, -0.2) is 46.1 Å². The van der Waals surface area contributed by atoms with Crippen LogP contribution in [0.25, 0.3) is 0 Å². The summed E-state index contributed by atoms with van der Waals surface area (Å²) in [7, 11) is 0. The van der Waals surface area contributed by atoms with Crippen LogP contribution in [-0.2, 0) is 14.3 Å². The van der Waals surface area contributed by atoms with Crippen molar-refractivity contribution in [2.45, 2.75) is 341 Å². The molecule has 0 spiro atoms. The molecule has 0 heterocycles. The molecule has 0 bridgehead atoms. The monoisotopic (exact) mass is 935 g/mol. The first-order valence-electron chi connectivity index (χ1n) is 29.4. The summed E-state index contributed by atoms with van der Waals surface area (Å²) in [5, 5.41) is 19.7. The van der Waals surface area contributed by atoms with Crippen molar-refractivity contribution >= 4 is 28.8 Å². The fourth-order valence-electron chi connectivity index (χ4n) is 9.79. The Labute approximate surface area is 411 Å². The number of carbonyl (C=O) groups excluding carboxylic acids is 2. The van der Waals surface area contributed by atoms with Gasteiger partial charge in [-0.1, -0.05) is 303 Å². The lowest BCUT2D eigenvalue weighted by Gasteiger charge is -2.32. The van der Waals surface area contributed by atoms with Gasteiger partial charge >= 0.3 is 0 Å². The van der Waals surface area contributed by atoms with Crippen molar-refractivity contribution in [3.63, 3.8) is 0 Å². The molecule has 1 atom stereocenters. The second-order valence-electron chi connectivity index (χ2n) is 20.6. The van der Waals surface area contributed by atoms with E-state index in [0.717, 1.165) is 57.8 Å². The molecule has 0 fully saturated rings. The Balaban J connectivity index is 5.01. The molecule has 1 unspecified atom stereocenters. The quantitative estimate of drug-likeness (QED) is 0.0359. The molecule has 0 aromatic rings. The molecule has 0 saturated heterocycles. The average molecular weight is 936 g/mol. The average Bonchev–Trinajstić information content (AvgIpc) is 3.31. The number of ether oxygens (including phenoxy) is 1. The highest BCUT2D eigenvalue weighted by Crippen LogP contribution is 2.35. The molecule has 0 aliphatic carbocycles. The number of aliphatic hydroxyl groups is 2. The normalized spacial score (nSPS) is 12.3. The molecule has 0 rings (SSSR count). The van der Waals surface area contributed by atoms with Crippen molar-refractivity contribution in [1.82, 2.24) is 0 Å². The fourth-order valence-corrected chi connectivity index (χ4v) is 10.2. The number of hydrogen-bond acceptors (Lipinski definition) is 6. The van der Waals surface area contributed by atoms with Gasteiger partial charge in [0.05, 0.1) is 6.61 Å². The summed E-state index contributed by atoms with van der Waals surface area (Å²) in [6.45, 7) is 6.18. The lowest BCUT2D eigenvalue weighted by molar-refractivity contribution is -0.138. The number of hydrogen-bond donors (Lipinski definition) is 2. The predicted octanol–water partition coefficient (Wildman–Crippen LogP) is 19.0. The molecule has 386 valence electrons. The molecular formula is C59H114O5S. The SMILES string of the molecule is CCCCCCCCCCCCCCCCCCCCCCC(C(=O)CCCCCCCCCCCCCCC)(C(=O)CCCCCCCCCCCCCCC)C(=S)OCC(O)CO. The van der Waals surface area contributed by atoms with E-state index >= 15 is 0 Å². The maximum absolute atomic E-state index is 14.4. The van der Waals surface area contributed by atoms with Crippen LogP contribution in [0.5, 0.6) is 0 Å². The zero-order chi connectivity index (χ0) is 47.6. The lowest BCUT2D eigenvalue weighted by atomic mass is 9.72. The summed E-state index contributed by atoms with van der Waals surface area (Å²) < 4.78 is 5.91. The Morgan fingerprint density at radius 1 is 0.385 bits per heavy atom. The van der Waals surface area contributed by atoms with E-state index in [0.29, 0.717) is 19.3 Å². The number of thiocarbonyl (C=S) groups is 1. The third kappa shape index (κ3) is 39.7. The van der Waals surface area contributed by atoms with Crippen LogP contribution in [0, 0.1) is 5.41 Å². The topological polar surface area (TPSA) is 83.8 Å². The summed E-state index contributed by atoms with van der Waals surface area (Å²) in [4.78, 5) is 28.9. The predicted molar refractivity (Wildman–Crippen MR) is 287 cm³/mol. The molecule has 0 aliphatic rings. The summed E-state index contributed by atoms with van der Waals surface area (Å²) >= 11 is 5.88. The van der Waals surface area contributed by atoms with Gasteiger partial charge in [0.1, 0.15) is 12.7 Å². The summed E-state index contributed by atoms with van der Waals surface area (Å²) in [5.41, 5.74) is -1.44. The van der Waals surface area contributed by atoms with Crippen molar-refractivity contribution in [3.05, 3.63) is 0 Å². The zero-order valence-electron chi connectivity index (χ0n) is 44.2. The summed E-state index contributed by atoms with van der Waals surface area (Å²) in [6.07, 6.45) is 58.3. The Kier molecular flexibility index (Phi) is 50.3. The number of ketones is 2. The van der Waals surface area contributed by atoms with Crippen molar-refractivity contribution in [2.75, 3.05) is 13.2 Å². The van der Waals surface area contributed by atoms with Gasteiger partial charge in [-0.25, -0.2) is 0 Å². The van der Waals surface area contributed by atoms with Crippen LogP contribution in [0.15, 0.2) is 0 Å². The maximum atomic E-state index is 14.4. The first kappa shape index (κ1) is 64.2. The summed E-state index contributed by atoms with van der Waals surface area (Å²) in [6, 6.07) is 0. The minimum absolute atomic E-state index is 0.0298. The Bertz CT molecular complexity index is 973. The Morgan fingerprint density at radius 2 is 0.600 bits per heavy atom. The van der Waals surface area contributed by atoms with E-state index in [9.17, 15) is 19.8 Å². The fraction of sp³-hybridized carbons (Fsp3) is 0.949. The number of Topliss-reactive ketones (excluding diaryl/α,β-unsaturated/α-hetero) is 2. The van der Waals surface area contributed by atoms with Gasteiger partial charge in [0.25, 0.3) is 0 Å².